The first kappa shape index (κ1) is 28.5. The number of pyridine rings is 1. The summed E-state index contributed by atoms with van der Waals surface area (Å²) in [6, 6.07) is 7.98. The highest BCUT2D eigenvalue weighted by Crippen LogP contribution is 2.44. The molecule has 0 bridgehead atoms. The molecule has 0 aliphatic rings. The summed E-state index contributed by atoms with van der Waals surface area (Å²) in [7, 11) is 0. The Kier molecular flexibility index (Phi) is 6.80. The van der Waals surface area contributed by atoms with Crippen molar-refractivity contribution in [1.29, 1.82) is 0 Å². The van der Waals surface area contributed by atoms with Gasteiger partial charge in [0.15, 0.2) is 11.3 Å². The number of nitrogens with two attached hydrogens (primary N) is 1. The van der Waals surface area contributed by atoms with Gasteiger partial charge in [0.2, 0.25) is 0 Å². The molecule has 0 fully saturated rings. The topological polar surface area (TPSA) is 115 Å². The minimum atomic E-state index is -4.84. The quantitative estimate of drug-likeness (QED) is 0.207. The van der Waals surface area contributed by atoms with Crippen LogP contribution in [0.4, 0.5) is 32.0 Å². The van der Waals surface area contributed by atoms with Crippen molar-refractivity contribution in [3.63, 3.8) is 0 Å². The van der Waals surface area contributed by atoms with Crippen LogP contribution in [0.15, 0.2) is 40.9 Å². The fourth-order valence-electron chi connectivity index (χ4n) is 4.13. The van der Waals surface area contributed by atoms with Crippen molar-refractivity contribution in [1.82, 2.24) is 19.6 Å². The van der Waals surface area contributed by atoms with Gasteiger partial charge in [-0.25, -0.2) is 14.5 Å². The number of aryl methyl sites for hydroxylation is 2. The van der Waals surface area contributed by atoms with Crippen LogP contribution in [0.5, 0.6) is 0 Å². The van der Waals surface area contributed by atoms with Crippen LogP contribution in [0.2, 0.25) is 0 Å². The summed E-state index contributed by atoms with van der Waals surface area (Å²) >= 11 is 3.61. The Balaban J connectivity index is 1.73. The van der Waals surface area contributed by atoms with E-state index in [9.17, 15) is 35.9 Å². The van der Waals surface area contributed by atoms with Gasteiger partial charge in [0.25, 0.3) is 11.8 Å². The van der Waals surface area contributed by atoms with E-state index in [0.717, 1.165) is 17.7 Å². The van der Waals surface area contributed by atoms with Gasteiger partial charge in [-0.3, -0.25) is 9.59 Å². The van der Waals surface area contributed by atoms with Crippen molar-refractivity contribution in [2.24, 2.45) is 5.73 Å². The van der Waals surface area contributed by atoms with Gasteiger partial charge in [-0.2, -0.15) is 31.4 Å². The van der Waals surface area contributed by atoms with Crippen molar-refractivity contribution >= 4 is 60.6 Å². The molecule has 8 nitrogen and oxygen atoms in total. The van der Waals surface area contributed by atoms with Crippen LogP contribution in [0.25, 0.3) is 27.0 Å². The predicted molar refractivity (Wildman–Crippen MR) is 142 cm³/mol. The Morgan fingerprint density at radius 3 is 2.24 bits per heavy atom. The molecule has 5 rings (SSSR count). The van der Waals surface area contributed by atoms with Gasteiger partial charge in [0.1, 0.15) is 21.1 Å². The number of primary amides is 1. The number of nitrogens with one attached hydrogen (secondary N) is 1. The lowest BCUT2D eigenvalue weighted by Crippen LogP contribution is -2.18. The number of anilines is 1. The number of carbonyl (C=O) groups is 2. The summed E-state index contributed by atoms with van der Waals surface area (Å²) in [5.74, 6) is -2.15. The zero-order valence-electron chi connectivity index (χ0n) is 20.7. The van der Waals surface area contributed by atoms with Crippen LogP contribution < -0.4 is 11.1 Å². The van der Waals surface area contributed by atoms with E-state index in [4.69, 9.17) is 5.73 Å². The molecular weight excluding hydrogens is 642 g/mol. The van der Waals surface area contributed by atoms with Gasteiger partial charge in [0, 0.05) is 11.1 Å². The highest BCUT2D eigenvalue weighted by atomic mass is 79.9. The maximum Gasteiger partial charge on any atom is 0.433 e. The number of nitrogens with zero attached hydrogens (tertiary/aromatic N) is 4. The van der Waals surface area contributed by atoms with Gasteiger partial charge >= 0.3 is 12.4 Å². The molecule has 16 heteroatoms. The van der Waals surface area contributed by atoms with Gasteiger partial charge in [-0.1, -0.05) is 29.8 Å². The lowest BCUT2D eigenvalue weighted by atomic mass is 10.00. The second kappa shape index (κ2) is 9.80. The second-order valence-electron chi connectivity index (χ2n) is 8.90. The number of benzene rings is 1. The Morgan fingerprint density at radius 2 is 1.66 bits per heavy atom. The van der Waals surface area contributed by atoms with Crippen LogP contribution in [0.3, 0.4) is 0 Å². The van der Waals surface area contributed by atoms with Gasteiger partial charge < -0.3 is 11.1 Å². The van der Waals surface area contributed by atoms with Crippen molar-refractivity contribution < 1.29 is 35.9 Å². The molecular formula is C25H15BrF6N6O2S. The number of halogens is 7. The molecule has 4 aromatic heterocycles. The third kappa shape index (κ3) is 5.12. The van der Waals surface area contributed by atoms with Crippen molar-refractivity contribution in [2.75, 3.05) is 5.32 Å². The number of carbonyl (C=O) groups excluding carboxylic acids is 2. The van der Waals surface area contributed by atoms with Gasteiger partial charge in [0.05, 0.1) is 10.2 Å². The third-order valence-electron chi connectivity index (χ3n) is 5.94. The normalized spacial score (nSPS) is 12.3. The lowest BCUT2D eigenvalue weighted by molar-refractivity contribution is -0.143. The fraction of sp³-hybridized carbons (Fsp3) is 0.160. The summed E-state index contributed by atoms with van der Waals surface area (Å²) in [6.07, 6.45) is -9.67. The number of hydrogen-bond donors (Lipinski definition) is 2. The number of aromatic nitrogens is 4. The SMILES string of the molecule is Cc1ccc(-c2cc(C(F)(F)F)nc3sc(C(N)=O)c(NC(=O)c4nn5c(C(F)(F)F)cc(C)nc5c4Br)c23)cc1. The average molecular weight is 657 g/mol. The minimum absolute atomic E-state index is 0.00603. The molecule has 0 unspecified atom stereocenters. The van der Waals surface area contributed by atoms with Crippen LogP contribution >= 0.6 is 27.3 Å². The Labute approximate surface area is 238 Å². The van der Waals surface area contributed by atoms with E-state index in [1.54, 1.807) is 31.2 Å². The molecule has 41 heavy (non-hydrogen) atoms. The molecule has 0 saturated carbocycles. The zero-order chi connectivity index (χ0) is 30.0. The number of rotatable bonds is 4. The summed E-state index contributed by atoms with van der Waals surface area (Å²) in [6.45, 7) is 3.11. The molecule has 0 saturated heterocycles. The Hall–Kier alpha value is -4.05. The molecule has 2 amide bonds. The van der Waals surface area contributed by atoms with Gasteiger partial charge in [-0.15, -0.1) is 11.3 Å². The van der Waals surface area contributed by atoms with E-state index < -0.39 is 41.2 Å². The highest BCUT2D eigenvalue weighted by molar-refractivity contribution is 9.10. The molecule has 0 atom stereocenters. The molecule has 0 radical (unpaired) electrons. The molecule has 3 N–H and O–H groups in total. The van der Waals surface area contributed by atoms with E-state index in [-0.39, 0.29) is 42.2 Å². The molecule has 0 aliphatic carbocycles. The van der Waals surface area contributed by atoms with E-state index in [2.05, 4.69) is 36.3 Å². The summed E-state index contributed by atoms with van der Waals surface area (Å²) in [4.78, 5) is 32.9. The minimum Gasteiger partial charge on any atom is -0.365 e. The van der Waals surface area contributed by atoms with Crippen molar-refractivity contribution in [3.8, 4) is 11.1 Å². The molecule has 0 aliphatic heterocycles. The third-order valence-corrected chi connectivity index (χ3v) is 7.77. The number of thiophene rings is 1. The lowest BCUT2D eigenvalue weighted by Gasteiger charge is -2.12. The van der Waals surface area contributed by atoms with Gasteiger partial charge in [-0.05, 0) is 53.0 Å². The van der Waals surface area contributed by atoms with E-state index in [1.807, 2.05) is 0 Å². The van der Waals surface area contributed by atoms with Crippen LogP contribution in [-0.2, 0) is 12.4 Å². The van der Waals surface area contributed by atoms with Crippen LogP contribution in [0.1, 0.15) is 42.8 Å². The first-order chi connectivity index (χ1) is 19.1. The smallest absolute Gasteiger partial charge is 0.365 e. The molecule has 4 heterocycles. The standard InChI is InChI=1S/C25H15BrF6N6O2S/c1-9-3-5-11(6-4-9)12-8-13(24(27,28)29)35-23-15(12)17(19(41-23)20(33)39)36-22(40)18-16(26)21-34-10(2)7-14(25(30,31)32)38(21)37-18/h3-8H,1-2H3,(H2,33,39)(H,36,40). The zero-order valence-corrected chi connectivity index (χ0v) is 23.1. The Bertz CT molecular complexity index is 1880. The largest absolute Gasteiger partial charge is 0.433 e. The molecule has 5 aromatic rings. The number of fused-ring (bicyclic) bond motifs is 2. The summed E-state index contributed by atoms with van der Waals surface area (Å²) in [5.41, 5.74) is 3.13. The maximum atomic E-state index is 13.7. The van der Waals surface area contributed by atoms with E-state index in [1.165, 1.54) is 6.92 Å². The first-order valence-corrected chi connectivity index (χ1v) is 13.0. The van der Waals surface area contributed by atoms with Crippen LogP contribution in [-0.4, -0.2) is 31.4 Å². The van der Waals surface area contributed by atoms with E-state index >= 15 is 0 Å². The highest BCUT2D eigenvalue weighted by Gasteiger charge is 2.37. The average Bonchev–Trinajstić information content (AvgIpc) is 3.40. The Morgan fingerprint density at radius 1 is 1.00 bits per heavy atom. The molecule has 1 aromatic carbocycles. The van der Waals surface area contributed by atoms with Crippen LogP contribution in [0, 0.1) is 13.8 Å². The fourth-order valence-corrected chi connectivity index (χ4v) is 5.65. The van der Waals surface area contributed by atoms with Crippen molar-refractivity contribution in [2.45, 2.75) is 26.2 Å². The summed E-state index contributed by atoms with van der Waals surface area (Å²) in [5, 5.41) is 6.19. The summed E-state index contributed by atoms with van der Waals surface area (Å²) < 4.78 is 82.5. The predicted octanol–water partition coefficient (Wildman–Crippen LogP) is 6.77. The number of hydrogen-bond acceptors (Lipinski definition) is 6. The number of alkyl halides is 6. The maximum absolute atomic E-state index is 13.7. The van der Waals surface area contributed by atoms with E-state index in [0.29, 0.717) is 21.4 Å². The molecule has 212 valence electrons. The molecule has 0 spiro atoms. The number of amides is 2. The second-order valence-corrected chi connectivity index (χ2v) is 10.7. The van der Waals surface area contributed by atoms with Crippen molar-refractivity contribution in [3.05, 3.63) is 74.1 Å². The monoisotopic (exact) mass is 656 g/mol. The first-order valence-electron chi connectivity index (χ1n) is 11.4.